The number of furan rings is 1. The molecule has 2 aromatic heterocycles. The average Bonchev–Trinajstić information content (AvgIpc) is 3.47. The van der Waals surface area contributed by atoms with E-state index in [1.165, 1.54) is 11.8 Å². The summed E-state index contributed by atoms with van der Waals surface area (Å²) in [5.74, 6) is 2.32. The molecule has 0 fully saturated rings. The topological polar surface area (TPSA) is 90.4 Å². The highest BCUT2D eigenvalue weighted by Gasteiger charge is 2.10. The monoisotopic (exact) mass is 435 g/mol. The van der Waals surface area contributed by atoms with E-state index in [4.69, 9.17) is 13.6 Å². The van der Waals surface area contributed by atoms with Gasteiger partial charge in [0, 0.05) is 11.3 Å². The van der Waals surface area contributed by atoms with Crippen LogP contribution in [0.15, 0.2) is 81.0 Å². The minimum Gasteiger partial charge on any atom is -0.484 e. The Bertz CT molecular complexity index is 1140. The van der Waals surface area contributed by atoms with Crippen LogP contribution in [-0.2, 0) is 18.9 Å². The van der Waals surface area contributed by atoms with E-state index in [0.29, 0.717) is 34.7 Å². The molecular weight excluding hydrogens is 414 g/mol. The van der Waals surface area contributed by atoms with Crippen LogP contribution in [0.3, 0.4) is 0 Å². The Morgan fingerprint density at radius 2 is 2.00 bits per heavy atom. The van der Waals surface area contributed by atoms with Gasteiger partial charge in [-0.05, 0) is 54.4 Å². The number of hydrogen-bond acceptors (Lipinski definition) is 7. The molecule has 0 atom stereocenters. The Labute approximate surface area is 183 Å². The zero-order valence-corrected chi connectivity index (χ0v) is 17.7. The molecule has 2 heterocycles. The molecule has 0 saturated heterocycles. The second kappa shape index (κ2) is 9.99. The van der Waals surface area contributed by atoms with E-state index in [-0.39, 0.29) is 12.5 Å². The van der Waals surface area contributed by atoms with Gasteiger partial charge in [0.05, 0.1) is 12.8 Å². The van der Waals surface area contributed by atoms with Crippen molar-refractivity contribution in [1.82, 2.24) is 15.5 Å². The van der Waals surface area contributed by atoms with Gasteiger partial charge in [0.1, 0.15) is 11.5 Å². The molecule has 0 aliphatic rings. The molecule has 0 spiro atoms. The molecule has 1 N–H and O–H groups in total. The number of amides is 1. The van der Waals surface area contributed by atoms with Crippen molar-refractivity contribution >= 4 is 17.7 Å². The van der Waals surface area contributed by atoms with E-state index in [0.717, 1.165) is 16.9 Å². The normalized spacial score (nSPS) is 10.7. The Kier molecular flexibility index (Phi) is 6.68. The molecule has 0 bridgehead atoms. The summed E-state index contributed by atoms with van der Waals surface area (Å²) in [6.07, 6.45) is 1.58. The molecule has 8 heteroatoms. The van der Waals surface area contributed by atoms with Crippen LogP contribution in [0.25, 0.3) is 0 Å². The van der Waals surface area contributed by atoms with E-state index >= 15 is 0 Å². The SMILES string of the molecule is Cc1cccc(OCc2nnc(SCc3cccc(C(=O)NCc4ccco4)c3)o2)c1. The van der Waals surface area contributed by atoms with Gasteiger partial charge in [0.25, 0.3) is 17.0 Å². The van der Waals surface area contributed by atoms with Crippen molar-refractivity contribution < 1.29 is 18.4 Å². The smallest absolute Gasteiger partial charge is 0.277 e. The highest BCUT2D eigenvalue weighted by molar-refractivity contribution is 7.98. The van der Waals surface area contributed by atoms with E-state index in [1.807, 2.05) is 55.5 Å². The fourth-order valence-electron chi connectivity index (χ4n) is 2.84. The van der Waals surface area contributed by atoms with Crippen molar-refractivity contribution in [2.24, 2.45) is 0 Å². The van der Waals surface area contributed by atoms with Crippen LogP contribution in [0.1, 0.15) is 33.1 Å². The number of nitrogens with one attached hydrogen (secondary N) is 1. The molecule has 0 saturated carbocycles. The number of carbonyl (C=O) groups is 1. The van der Waals surface area contributed by atoms with Crippen molar-refractivity contribution in [2.75, 3.05) is 0 Å². The summed E-state index contributed by atoms with van der Waals surface area (Å²) in [4.78, 5) is 12.4. The first-order valence-electron chi connectivity index (χ1n) is 9.70. The van der Waals surface area contributed by atoms with Crippen LogP contribution in [0.2, 0.25) is 0 Å². The zero-order chi connectivity index (χ0) is 21.5. The number of benzene rings is 2. The second-order valence-electron chi connectivity index (χ2n) is 6.82. The predicted octanol–water partition coefficient (Wildman–Crippen LogP) is 4.77. The van der Waals surface area contributed by atoms with E-state index in [1.54, 1.807) is 18.4 Å². The molecule has 0 aliphatic carbocycles. The third-order valence-corrected chi connectivity index (χ3v) is 5.24. The van der Waals surface area contributed by atoms with Crippen molar-refractivity contribution in [3.05, 3.63) is 95.3 Å². The number of carbonyl (C=O) groups excluding carboxylic acids is 1. The van der Waals surface area contributed by atoms with Gasteiger partial charge < -0.3 is 18.9 Å². The van der Waals surface area contributed by atoms with Crippen LogP contribution >= 0.6 is 11.8 Å². The number of aromatic nitrogens is 2. The number of rotatable bonds is 9. The summed E-state index contributed by atoms with van der Waals surface area (Å²) in [5.41, 5.74) is 2.69. The molecular formula is C23H21N3O4S. The third kappa shape index (κ3) is 5.99. The highest BCUT2D eigenvalue weighted by Crippen LogP contribution is 2.23. The molecule has 31 heavy (non-hydrogen) atoms. The van der Waals surface area contributed by atoms with Gasteiger partial charge in [0.2, 0.25) is 0 Å². The van der Waals surface area contributed by atoms with Crippen LogP contribution in [0, 0.1) is 6.92 Å². The minimum absolute atomic E-state index is 0.156. The van der Waals surface area contributed by atoms with Gasteiger partial charge in [-0.3, -0.25) is 4.79 Å². The summed E-state index contributed by atoms with van der Waals surface area (Å²) < 4.78 is 16.6. The fraction of sp³-hybridized carbons (Fsp3) is 0.174. The lowest BCUT2D eigenvalue weighted by Crippen LogP contribution is -2.22. The van der Waals surface area contributed by atoms with Crippen LogP contribution in [0.4, 0.5) is 0 Å². The Morgan fingerprint density at radius 3 is 2.84 bits per heavy atom. The lowest BCUT2D eigenvalue weighted by Gasteiger charge is -2.05. The Morgan fingerprint density at radius 1 is 1.10 bits per heavy atom. The molecule has 4 rings (SSSR count). The fourth-order valence-corrected chi connectivity index (χ4v) is 3.56. The van der Waals surface area contributed by atoms with Crippen LogP contribution < -0.4 is 10.1 Å². The molecule has 2 aromatic carbocycles. The maximum atomic E-state index is 12.4. The van der Waals surface area contributed by atoms with Crippen molar-refractivity contribution in [1.29, 1.82) is 0 Å². The first-order valence-corrected chi connectivity index (χ1v) is 10.7. The summed E-state index contributed by atoms with van der Waals surface area (Å²) in [6, 6.07) is 18.8. The van der Waals surface area contributed by atoms with E-state index < -0.39 is 0 Å². The summed E-state index contributed by atoms with van der Waals surface area (Å²) >= 11 is 1.41. The lowest BCUT2D eigenvalue weighted by molar-refractivity contribution is 0.0948. The van der Waals surface area contributed by atoms with Crippen molar-refractivity contribution in [2.45, 2.75) is 31.1 Å². The number of aryl methyl sites for hydroxylation is 1. The van der Waals surface area contributed by atoms with E-state index in [2.05, 4.69) is 15.5 Å². The molecule has 7 nitrogen and oxygen atoms in total. The maximum Gasteiger partial charge on any atom is 0.277 e. The first-order chi connectivity index (χ1) is 15.2. The standard InChI is InChI=1S/C23H21N3O4S/c1-16-5-2-8-19(11-16)29-14-21-25-26-23(30-21)31-15-17-6-3-7-18(12-17)22(27)24-13-20-9-4-10-28-20/h2-12H,13-15H2,1H3,(H,24,27). The number of thioether (sulfide) groups is 1. The van der Waals surface area contributed by atoms with Crippen LogP contribution in [0.5, 0.6) is 5.75 Å². The summed E-state index contributed by atoms with van der Waals surface area (Å²) in [5, 5.41) is 11.4. The Hall–Kier alpha value is -3.52. The number of hydrogen-bond donors (Lipinski definition) is 1. The van der Waals surface area contributed by atoms with E-state index in [9.17, 15) is 4.79 Å². The maximum absolute atomic E-state index is 12.4. The molecule has 0 unspecified atom stereocenters. The second-order valence-corrected chi connectivity index (χ2v) is 7.74. The quantitative estimate of drug-likeness (QED) is 0.379. The van der Waals surface area contributed by atoms with Crippen molar-refractivity contribution in [3.63, 3.8) is 0 Å². The van der Waals surface area contributed by atoms with Crippen LogP contribution in [-0.4, -0.2) is 16.1 Å². The van der Waals surface area contributed by atoms with Gasteiger partial charge in [-0.1, -0.05) is 36.0 Å². The van der Waals surface area contributed by atoms with Gasteiger partial charge in [-0.2, -0.15) is 0 Å². The number of ether oxygens (including phenoxy) is 1. The van der Waals surface area contributed by atoms with Gasteiger partial charge in [-0.15, -0.1) is 10.2 Å². The summed E-state index contributed by atoms with van der Waals surface area (Å²) in [7, 11) is 0. The van der Waals surface area contributed by atoms with Gasteiger partial charge in [0.15, 0.2) is 6.61 Å². The Balaban J connectivity index is 1.28. The van der Waals surface area contributed by atoms with Gasteiger partial charge >= 0.3 is 0 Å². The molecule has 0 aliphatic heterocycles. The highest BCUT2D eigenvalue weighted by atomic mass is 32.2. The molecule has 0 radical (unpaired) electrons. The minimum atomic E-state index is -0.156. The number of nitrogens with zero attached hydrogens (tertiary/aromatic N) is 2. The average molecular weight is 436 g/mol. The van der Waals surface area contributed by atoms with Gasteiger partial charge in [-0.25, -0.2) is 0 Å². The molecule has 1 amide bonds. The predicted molar refractivity (Wildman–Crippen MR) is 116 cm³/mol. The molecule has 4 aromatic rings. The largest absolute Gasteiger partial charge is 0.484 e. The lowest BCUT2D eigenvalue weighted by atomic mass is 10.1. The zero-order valence-electron chi connectivity index (χ0n) is 16.9. The van der Waals surface area contributed by atoms with Crippen molar-refractivity contribution in [3.8, 4) is 5.75 Å². The summed E-state index contributed by atoms with van der Waals surface area (Å²) in [6.45, 7) is 2.56. The first kappa shape index (κ1) is 20.7. The third-order valence-electron chi connectivity index (χ3n) is 4.35. The molecule has 158 valence electrons.